The molecule has 5 nitrogen and oxygen atoms in total. The first-order valence-electron chi connectivity index (χ1n) is 8.29. The highest BCUT2D eigenvalue weighted by atomic mass is 19.1. The Hall–Kier alpha value is -2.50. The Morgan fingerprint density at radius 2 is 1.75 bits per heavy atom. The van der Waals surface area contributed by atoms with E-state index < -0.39 is 0 Å². The maximum atomic E-state index is 13.9. The summed E-state index contributed by atoms with van der Waals surface area (Å²) < 4.78 is 13.9. The monoisotopic (exact) mass is 326 g/mol. The first-order valence-corrected chi connectivity index (χ1v) is 8.29. The standard InChI is InChI=1S/C18H19FN4O/c19-16-5-2-1-4-13(16)14-12-15(14)17(24)22-8-10-23(11-9-22)18-20-6-3-7-21-18/h1-7,14-15H,8-12H2. The van der Waals surface area contributed by atoms with Crippen molar-refractivity contribution in [3.05, 3.63) is 54.1 Å². The van der Waals surface area contributed by atoms with Crippen molar-refractivity contribution in [2.45, 2.75) is 12.3 Å². The summed E-state index contributed by atoms with van der Waals surface area (Å²) in [6.07, 6.45) is 4.20. The molecular weight excluding hydrogens is 307 g/mol. The predicted molar refractivity (Wildman–Crippen MR) is 88.1 cm³/mol. The maximum absolute atomic E-state index is 13.9. The second-order valence-electron chi connectivity index (χ2n) is 6.33. The van der Waals surface area contributed by atoms with E-state index in [-0.39, 0.29) is 23.6 Å². The lowest BCUT2D eigenvalue weighted by Crippen LogP contribution is -2.49. The molecule has 1 aromatic carbocycles. The normalized spacial score (nSPS) is 23.2. The second kappa shape index (κ2) is 6.19. The highest BCUT2D eigenvalue weighted by Gasteiger charge is 2.47. The molecule has 1 aliphatic carbocycles. The quantitative estimate of drug-likeness (QED) is 0.866. The molecule has 0 radical (unpaired) electrons. The average molecular weight is 326 g/mol. The van der Waals surface area contributed by atoms with Gasteiger partial charge in [-0.3, -0.25) is 4.79 Å². The number of rotatable bonds is 3. The van der Waals surface area contributed by atoms with Crippen LogP contribution in [-0.2, 0) is 4.79 Å². The number of hydrogen-bond acceptors (Lipinski definition) is 4. The van der Waals surface area contributed by atoms with Crippen molar-refractivity contribution in [1.82, 2.24) is 14.9 Å². The molecule has 124 valence electrons. The topological polar surface area (TPSA) is 49.3 Å². The van der Waals surface area contributed by atoms with Crippen LogP contribution >= 0.6 is 0 Å². The van der Waals surface area contributed by atoms with E-state index in [1.165, 1.54) is 6.07 Å². The highest BCUT2D eigenvalue weighted by Crippen LogP contribution is 2.49. The zero-order chi connectivity index (χ0) is 16.5. The van der Waals surface area contributed by atoms with Crippen LogP contribution in [0.3, 0.4) is 0 Å². The van der Waals surface area contributed by atoms with Gasteiger partial charge in [-0.1, -0.05) is 18.2 Å². The first-order chi connectivity index (χ1) is 11.7. The van der Waals surface area contributed by atoms with E-state index in [2.05, 4.69) is 14.9 Å². The summed E-state index contributed by atoms with van der Waals surface area (Å²) in [5.74, 6) is 0.622. The van der Waals surface area contributed by atoms with Gasteiger partial charge in [-0.25, -0.2) is 14.4 Å². The smallest absolute Gasteiger partial charge is 0.226 e. The van der Waals surface area contributed by atoms with E-state index >= 15 is 0 Å². The number of aromatic nitrogens is 2. The van der Waals surface area contributed by atoms with Crippen molar-refractivity contribution in [3.8, 4) is 0 Å². The van der Waals surface area contributed by atoms with Crippen molar-refractivity contribution in [1.29, 1.82) is 0 Å². The molecule has 24 heavy (non-hydrogen) atoms. The van der Waals surface area contributed by atoms with Crippen LogP contribution in [0.4, 0.5) is 10.3 Å². The molecule has 1 aromatic heterocycles. The molecule has 1 amide bonds. The summed E-state index contributed by atoms with van der Waals surface area (Å²) in [6.45, 7) is 2.79. The van der Waals surface area contributed by atoms with Crippen LogP contribution in [0, 0.1) is 11.7 Å². The molecule has 4 rings (SSSR count). The number of piperazine rings is 1. The fourth-order valence-electron chi connectivity index (χ4n) is 3.40. The first kappa shape index (κ1) is 15.1. The van der Waals surface area contributed by atoms with Crippen LogP contribution in [-0.4, -0.2) is 47.0 Å². The third-order valence-corrected chi connectivity index (χ3v) is 4.84. The van der Waals surface area contributed by atoms with Crippen molar-refractivity contribution in [3.63, 3.8) is 0 Å². The molecule has 2 atom stereocenters. The SMILES string of the molecule is O=C(C1CC1c1ccccc1F)N1CCN(c2ncccn2)CC1. The van der Waals surface area contributed by atoms with Gasteiger partial charge in [0.2, 0.25) is 11.9 Å². The van der Waals surface area contributed by atoms with Crippen LogP contribution in [0.15, 0.2) is 42.7 Å². The van der Waals surface area contributed by atoms with Gasteiger partial charge in [-0.15, -0.1) is 0 Å². The minimum absolute atomic E-state index is 0.0363. The van der Waals surface area contributed by atoms with E-state index in [0.29, 0.717) is 24.6 Å². The zero-order valence-electron chi connectivity index (χ0n) is 13.3. The number of hydrogen-bond donors (Lipinski definition) is 0. The van der Waals surface area contributed by atoms with Gasteiger partial charge in [0.05, 0.1) is 0 Å². The lowest BCUT2D eigenvalue weighted by molar-refractivity contribution is -0.133. The number of amides is 1. The summed E-state index contributed by atoms with van der Waals surface area (Å²) in [5, 5.41) is 0. The molecule has 2 aromatic rings. The minimum Gasteiger partial charge on any atom is -0.339 e. The summed E-state index contributed by atoms with van der Waals surface area (Å²) in [7, 11) is 0. The Morgan fingerprint density at radius 3 is 2.46 bits per heavy atom. The number of benzene rings is 1. The number of carbonyl (C=O) groups excluding carboxylic acids is 1. The van der Waals surface area contributed by atoms with E-state index in [1.54, 1.807) is 30.6 Å². The van der Waals surface area contributed by atoms with Crippen LogP contribution in [0.25, 0.3) is 0 Å². The molecule has 0 bridgehead atoms. The van der Waals surface area contributed by atoms with Gasteiger partial charge >= 0.3 is 0 Å². The molecule has 2 unspecified atom stereocenters. The van der Waals surface area contributed by atoms with Crippen LogP contribution in [0.2, 0.25) is 0 Å². The van der Waals surface area contributed by atoms with E-state index in [0.717, 1.165) is 19.5 Å². The lowest BCUT2D eigenvalue weighted by atomic mass is 10.1. The van der Waals surface area contributed by atoms with Gasteiger partial charge in [0.1, 0.15) is 5.82 Å². The molecule has 6 heteroatoms. The van der Waals surface area contributed by atoms with Gasteiger partial charge in [0.25, 0.3) is 0 Å². The minimum atomic E-state index is -0.205. The largest absolute Gasteiger partial charge is 0.339 e. The van der Waals surface area contributed by atoms with E-state index in [4.69, 9.17) is 0 Å². The molecule has 2 aliphatic rings. The summed E-state index contributed by atoms with van der Waals surface area (Å²) in [4.78, 5) is 25.1. The molecule has 1 saturated carbocycles. The van der Waals surface area contributed by atoms with Crippen LogP contribution in [0.1, 0.15) is 17.9 Å². The third kappa shape index (κ3) is 2.84. The zero-order valence-corrected chi connectivity index (χ0v) is 13.3. The molecular formula is C18H19FN4O. The van der Waals surface area contributed by atoms with Gasteiger partial charge in [0.15, 0.2) is 0 Å². The van der Waals surface area contributed by atoms with Crippen LogP contribution < -0.4 is 4.90 Å². The summed E-state index contributed by atoms with van der Waals surface area (Å²) >= 11 is 0. The molecule has 0 N–H and O–H groups in total. The van der Waals surface area contributed by atoms with Crippen molar-refractivity contribution in [2.75, 3.05) is 31.1 Å². The predicted octanol–water partition coefficient (Wildman–Crippen LogP) is 2.07. The Bertz CT molecular complexity index is 731. The molecule has 0 spiro atoms. The highest BCUT2D eigenvalue weighted by molar-refractivity contribution is 5.83. The fourth-order valence-corrected chi connectivity index (χ4v) is 3.40. The van der Waals surface area contributed by atoms with Gasteiger partial charge < -0.3 is 9.80 Å². The number of nitrogens with zero attached hydrogens (tertiary/aromatic N) is 4. The molecule has 2 fully saturated rings. The van der Waals surface area contributed by atoms with E-state index in [1.807, 2.05) is 11.0 Å². The van der Waals surface area contributed by atoms with Crippen molar-refractivity contribution < 1.29 is 9.18 Å². The van der Waals surface area contributed by atoms with Crippen molar-refractivity contribution in [2.24, 2.45) is 5.92 Å². The Balaban J connectivity index is 1.35. The maximum Gasteiger partial charge on any atom is 0.226 e. The number of halogens is 1. The van der Waals surface area contributed by atoms with E-state index in [9.17, 15) is 9.18 Å². The number of anilines is 1. The summed E-state index contributed by atoms with van der Waals surface area (Å²) in [5.41, 5.74) is 0.673. The average Bonchev–Trinajstić information content (AvgIpc) is 3.43. The molecule has 2 heterocycles. The summed E-state index contributed by atoms with van der Waals surface area (Å²) in [6, 6.07) is 8.56. The Kier molecular flexibility index (Phi) is 3.88. The van der Waals surface area contributed by atoms with Gasteiger partial charge in [-0.05, 0) is 30.0 Å². The fraction of sp³-hybridized carbons (Fsp3) is 0.389. The lowest BCUT2D eigenvalue weighted by Gasteiger charge is -2.34. The van der Waals surface area contributed by atoms with Crippen LogP contribution in [0.5, 0.6) is 0 Å². The Morgan fingerprint density at radius 1 is 1.04 bits per heavy atom. The third-order valence-electron chi connectivity index (χ3n) is 4.84. The van der Waals surface area contributed by atoms with Gasteiger partial charge in [-0.2, -0.15) is 0 Å². The van der Waals surface area contributed by atoms with Gasteiger partial charge in [0, 0.05) is 44.5 Å². The molecule has 1 aliphatic heterocycles. The van der Waals surface area contributed by atoms with Crippen molar-refractivity contribution >= 4 is 11.9 Å². The Labute approximate surface area is 140 Å². The molecule has 1 saturated heterocycles. The second-order valence-corrected chi connectivity index (χ2v) is 6.33. The number of carbonyl (C=O) groups is 1.